The van der Waals surface area contributed by atoms with E-state index < -0.39 is 58.1 Å². The molecule has 0 aliphatic carbocycles. The maximum absolute atomic E-state index is 14.0. The highest BCUT2D eigenvalue weighted by Crippen LogP contribution is 2.56. The van der Waals surface area contributed by atoms with Gasteiger partial charge in [0.25, 0.3) is 23.5 Å². The van der Waals surface area contributed by atoms with Gasteiger partial charge in [-0.2, -0.15) is 9.50 Å². The third-order valence-electron chi connectivity index (χ3n) is 10.8. The number of halogens is 2. The first-order valence-electron chi connectivity index (χ1n) is 20.6. The number of hydrazine groups is 1. The van der Waals surface area contributed by atoms with Crippen molar-refractivity contribution < 1.29 is 48.6 Å². The number of thioether (sulfide) groups is 2. The Hall–Kier alpha value is -6.97. The van der Waals surface area contributed by atoms with Crippen LogP contribution in [0.15, 0.2) is 104 Å². The Bertz CT molecular complexity index is 3160. The number of fused-ring (bicyclic) bond motifs is 3. The quantitative estimate of drug-likeness (QED) is 0.0181. The Morgan fingerprint density at radius 3 is 2.39 bits per heavy atom. The lowest BCUT2D eigenvalue weighted by atomic mass is 9.97. The van der Waals surface area contributed by atoms with E-state index in [0.29, 0.717) is 37.6 Å². The molecule has 0 spiro atoms. The Morgan fingerprint density at radius 1 is 1.06 bits per heavy atom. The molecule has 360 valence electrons. The Kier molecular flexibility index (Phi) is 13.1. The van der Waals surface area contributed by atoms with Crippen molar-refractivity contribution >= 4 is 114 Å². The summed E-state index contributed by atoms with van der Waals surface area (Å²) in [6.45, 7) is 4.48. The van der Waals surface area contributed by atoms with E-state index in [0.717, 1.165) is 16.2 Å². The summed E-state index contributed by atoms with van der Waals surface area (Å²) in [7, 11) is 0. The van der Waals surface area contributed by atoms with Crippen LogP contribution in [0.2, 0.25) is 5.02 Å². The number of aromatic nitrogens is 5. The van der Waals surface area contributed by atoms with Crippen molar-refractivity contribution in [2.45, 2.75) is 48.6 Å². The van der Waals surface area contributed by atoms with Gasteiger partial charge in [0.1, 0.15) is 32.9 Å². The molecule has 22 nitrogen and oxygen atoms in total. The number of amides is 4. The van der Waals surface area contributed by atoms with Crippen LogP contribution in [0.4, 0.5) is 10.8 Å². The summed E-state index contributed by atoms with van der Waals surface area (Å²) < 4.78 is 14.8. The molecule has 1 fully saturated rings. The van der Waals surface area contributed by atoms with Gasteiger partial charge < -0.3 is 30.5 Å². The molecule has 2 atom stereocenters. The number of ether oxygens (including phenoxy) is 2. The molecular formula is C43H36BrClN12O10S3. The second kappa shape index (κ2) is 19.1. The number of hydroxylamine groups is 1. The minimum Gasteiger partial charge on any atom is -0.477 e. The van der Waals surface area contributed by atoms with Crippen molar-refractivity contribution in [1.29, 1.82) is 0 Å². The number of nitrogens with zero attached hydrogens (tertiary/aromatic N) is 7. The predicted molar refractivity (Wildman–Crippen MR) is 259 cm³/mol. The van der Waals surface area contributed by atoms with E-state index in [9.17, 15) is 29.1 Å². The number of carboxylic acid groups (broad SMARTS) is 1. The Balaban J connectivity index is 0.881. The molecular weight excluding hydrogens is 1060 g/mol. The molecule has 0 bridgehead atoms. The summed E-state index contributed by atoms with van der Waals surface area (Å²) >= 11 is 13.9. The fraction of sp³-hybridized carbons (Fsp3) is 0.209. The second-order valence-corrected chi connectivity index (χ2v) is 20.1. The molecule has 6 heterocycles. The lowest BCUT2D eigenvalue weighted by molar-refractivity contribution is -0.150. The number of β-lactam (4-membered cyclic amide) rings is 1. The minimum atomic E-state index is -1.77. The smallest absolute Gasteiger partial charge is 0.352 e. The number of aliphatic carboxylic acids is 1. The molecule has 0 radical (unpaired) electrons. The van der Waals surface area contributed by atoms with Crippen LogP contribution in [0.25, 0.3) is 5.78 Å². The maximum Gasteiger partial charge on any atom is 0.352 e. The summed E-state index contributed by atoms with van der Waals surface area (Å²) in [5, 5.41) is 31.4. The zero-order valence-corrected chi connectivity index (χ0v) is 41.2. The number of benzene rings is 3. The summed E-state index contributed by atoms with van der Waals surface area (Å²) in [4.78, 5) is 85.3. The van der Waals surface area contributed by atoms with E-state index >= 15 is 0 Å². The Morgan fingerprint density at radius 2 is 1.74 bits per heavy atom. The van der Waals surface area contributed by atoms with Crippen molar-refractivity contribution in [3.05, 3.63) is 127 Å². The van der Waals surface area contributed by atoms with Crippen LogP contribution in [0, 0.1) is 6.92 Å². The van der Waals surface area contributed by atoms with Gasteiger partial charge in [-0.3, -0.25) is 40.1 Å². The number of nitrogens with two attached hydrogens (primary N) is 1. The van der Waals surface area contributed by atoms with Gasteiger partial charge in [-0.25, -0.2) is 20.2 Å². The van der Waals surface area contributed by atoms with Crippen LogP contribution in [-0.4, -0.2) is 104 Å². The van der Waals surface area contributed by atoms with E-state index in [4.69, 9.17) is 36.9 Å². The molecule has 27 heteroatoms. The largest absolute Gasteiger partial charge is 0.477 e. The third-order valence-corrected chi connectivity index (χ3v) is 14.8. The molecule has 70 heavy (non-hydrogen) atoms. The number of aryl methyl sites for hydroxylation is 1. The zero-order chi connectivity index (χ0) is 49.6. The summed E-state index contributed by atoms with van der Waals surface area (Å²) in [6, 6.07) is 20.8. The van der Waals surface area contributed by atoms with Gasteiger partial charge in [0.05, 0.1) is 10.2 Å². The first-order valence-corrected chi connectivity index (χ1v) is 24.7. The van der Waals surface area contributed by atoms with Crippen LogP contribution in [-0.2, 0) is 29.8 Å². The lowest BCUT2D eigenvalue weighted by Crippen LogP contribution is -2.71. The number of nitrogens with one attached hydrogen (secondary N) is 4. The highest BCUT2D eigenvalue weighted by atomic mass is 79.9. The van der Waals surface area contributed by atoms with Gasteiger partial charge in [-0.1, -0.05) is 77.4 Å². The molecule has 9 rings (SSSR count). The van der Waals surface area contributed by atoms with E-state index in [1.807, 2.05) is 60.7 Å². The molecule has 3 aliphatic rings. The summed E-state index contributed by atoms with van der Waals surface area (Å²) in [5.74, 6) is -5.53. The zero-order valence-electron chi connectivity index (χ0n) is 36.4. The van der Waals surface area contributed by atoms with Gasteiger partial charge in [-0.05, 0) is 54.4 Å². The maximum atomic E-state index is 14.0. The molecule has 3 aromatic carbocycles. The number of hydrogen-bond donors (Lipinski definition) is 7. The number of carboxylic acids is 1. The molecule has 6 aromatic rings. The van der Waals surface area contributed by atoms with E-state index in [2.05, 4.69) is 57.3 Å². The van der Waals surface area contributed by atoms with Crippen molar-refractivity contribution in [3.63, 3.8) is 0 Å². The average Bonchev–Trinajstić information content (AvgIpc) is 4.11. The Labute approximate surface area is 421 Å². The predicted octanol–water partition coefficient (Wildman–Crippen LogP) is 4.85. The van der Waals surface area contributed by atoms with Crippen molar-refractivity contribution in [2.24, 2.45) is 5.16 Å². The van der Waals surface area contributed by atoms with E-state index in [1.165, 1.54) is 52.7 Å². The number of nitrogen functional groups attached to an aromatic ring is 1. The first-order chi connectivity index (χ1) is 33.5. The molecule has 3 aliphatic heterocycles. The fourth-order valence-corrected chi connectivity index (χ4v) is 11.1. The van der Waals surface area contributed by atoms with Crippen LogP contribution in [0.3, 0.4) is 0 Å². The fourth-order valence-electron chi connectivity index (χ4n) is 7.33. The monoisotopic (exact) mass is 1090 g/mol. The van der Waals surface area contributed by atoms with Gasteiger partial charge in [0, 0.05) is 33.7 Å². The molecule has 0 saturated carbocycles. The summed E-state index contributed by atoms with van der Waals surface area (Å²) in [6.07, 6.45) is 0. The first kappa shape index (κ1) is 48.1. The minimum absolute atomic E-state index is 0.0179. The molecule has 3 aromatic heterocycles. The number of anilines is 2. The van der Waals surface area contributed by atoms with Crippen LogP contribution in [0.5, 0.6) is 11.5 Å². The van der Waals surface area contributed by atoms with Crippen LogP contribution >= 0.6 is 62.4 Å². The highest BCUT2D eigenvalue weighted by molar-refractivity contribution is 9.10. The van der Waals surface area contributed by atoms with E-state index in [1.54, 1.807) is 19.1 Å². The molecule has 1 saturated heterocycles. The van der Waals surface area contributed by atoms with Gasteiger partial charge in [-0.15, -0.1) is 40.0 Å². The van der Waals surface area contributed by atoms with Crippen molar-refractivity contribution in [2.75, 3.05) is 22.7 Å². The van der Waals surface area contributed by atoms with Gasteiger partial charge in [0.15, 0.2) is 22.3 Å². The number of thiazole rings is 1. The van der Waals surface area contributed by atoms with Gasteiger partial charge >= 0.3 is 17.7 Å². The highest BCUT2D eigenvalue weighted by Gasteiger charge is 2.55. The number of oxime groups is 1. The number of carbonyl (C=O) groups is 5. The topological polar surface area (TPSA) is 299 Å². The average molecular weight is 1090 g/mol. The third kappa shape index (κ3) is 8.92. The second-order valence-electron chi connectivity index (χ2n) is 15.9. The van der Waals surface area contributed by atoms with Gasteiger partial charge in [0.2, 0.25) is 11.4 Å². The number of hydrogen-bond acceptors (Lipinski definition) is 19. The normalized spacial score (nSPS) is 17.1. The lowest BCUT2D eigenvalue weighted by Gasteiger charge is -2.49. The van der Waals surface area contributed by atoms with Crippen molar-refractivity contribution in [1.82, 2.24) is 45.7 Å². The molecule has 4 amide bonds. The molecule has 0 unspecified atom stereocenters. The van der Waals surface area contributed by atoms with Crippen molar-refractivity contribution in [3.8, 4) is 11.5 Å². The molecule has 8 N–H and O–H groups in total. The summed E-state index contributed by atoms with van der Waals surface area (Å²) in [5.41, 5.74) is 12.9. The SMILES string of the molecule is Cc1cc(SCC2=C(C(=O)O)N3C(=O)[C@@H](NC(=O)C(=NOC(C)(C)C(=O)NNc4cc(Br)c5c(c4Cl)OC(c4ccccc4)(c4ccccc4)O5)c4csc(N)n4)[C@H]3SC2)n2nc(C(=O)NO)nc2n1. The van der Waals surface area contributed by atoms with E-state index in [-0.39, 0.29) is 56.1 Å². The number of carbonyl (C=O) groups excluding carboxylic acids is 4. The standard InChI is InChI=1S/C43H36BrClN12O10S3/c1-19-14-26(57-41(47-19)50-33(53-57)35(59)54-64)68-16-20-17-69-37-29(36(60)56(37)30(20)38(61)62)49-34(58)28(25-18-70-40(46)48-25)55-67-42(2,3)39(63)52-51-24-15-23(44)31-32(27(24)45)66-43(65-31,21-10-6-4-7-11-21)22-12-8-5-9-13-22/h4-15,18,29,37,51,64H,16-17H2,1-3H3,(H2,46,48)(H,49,58)(H,52,63)(H,54,59)(H,61,62)/t29-,37-/m1/s1. The van der Waals surface area contributed by atoms with Crippen LogP contribution < -0.4 is 36.9 Å². The van der Waals surface area contributed by atoms with Crippen LogP contribution in [0.1, 0.15) is 47.0 Å². The number of rotatable bonds is 15.